The van der Waals surface area contributed by atoms with Gasteiger partial charge < -0.3 is 10.2 Å². The van der Waals surface area contributed by atoms with E-state index >= 15 is 0 Å². The summed E-state index contributed by atoms with van der Waals surface area (Å²) in [5, 5.41) is 3.25. The van der Waals surface area contributed by atoms with Crippen LogP contribution in [0.3, 0.4) is 0 Å². The third-order valence-corrected chi connectivity index (χ3v) is 2.93. The van der Waals surface area contributed by atoms with Crippen LogP contribution in [0.1, 0.15) is 12.8 Å². The maximum atomic E-state index is 12.7. The second kappa shape index (κ2) is 3.71. The minimum atomic E-state index is -0.551. The Labute approximate surface area is 73.1 Å². The van der Waals surface area contributed by atoms with Gasteiger partial charge in [-0.05, 0) is 38.4 Å². The molecule has 0 bridgehead atoms. The van der Waals surface area contributed by atoms with E-state index in [9.17, 15) is 4.39 Å². The highest BCUT2D eigenvalue weighted by Crippen LogP contribution is 2.15. The van der Waals surface area contributed by atoms with E-state index in [0.717, 1.165) is 25.4 Å². The number of hydrogen-bond donors (Lipinski definition) is 1. The van der Waals surface area contributed by atoms with Crippen molar-refractivity contribution in [3.05, 3.63) is 0 Å². The molecule has 2 fully saturated rings. The van der Waals surface area contributed by atoms with Crippen LogP contribution in [0.5, 0.6) is 0 Å². The molecule has 0 radical (unpaired) electrons. The van der Waals surface area contributed by atoms with Crippen molar-refractivity contribution in [2.45, 2.75) is 19.0 Å². The highest BCUT2D eigenvalue weighted by Gasteiger charge is 2.23. The number of rotatable bonds is 3. The van der Waals surface area contributed by atoms with Crippen LogP contribution in [0.4, 0.5) is 4.39 Å². The van der Waals surface area contributed by atoms with Crippen molar-refractivity contribution in [3.63, 3.8) is 0 Å². The molecule has 3 heteroatoms. The van der Waals surface area contributed by atoms with Crippen LogP contribution in [0.15, 0.2) is 0 Å². The number of alkyl halides is 1. The summed E-state index contributed by atoms with van der Waals surface area (Å²) >= 11 is 0. The summed E-state index contributed by atoms with van der Waals surface area (Å²) < 4.78 is 12.7. The SMILES string of the molecule is F[C@@H]1CCN(CCC2CNC2)C1. The van der Waals surface area contributed by atoms with Crippen molar-refractivity contribution in [2.24, 2.45) is 5.92 Å². The van der Waals surface area contributed by atoms with Gasteiger partial charge in [0.25, 0.3) is 0 Å². The molecule has 2 rings (SSSR count). The maximum absolute atomic E-state index is 12.7. The van der Waals surface area contributed by atoms with Crippen LogP contribution in [0.2, 0.25) is 0 Å². The Morgan fingerprint density at radius 3 is 2.75 bits per heavy atom. The number of nitrogens with zero attached hydrogens (tertiary/aromatic N) is 1. The fraction of sp³-hybridized carbons (Fsp3) is 1.00. The zero-order valence-electron chi connectivity index (χ0n) is 7.43. The van der Waals surface area contributed by atoms with Gasteiger partial charge in [0.15, 0.2) is 0 Å². The van der Waals surface area contributed by atoms with E-state index in [1.54, 1.807) is 0 Å². The van der Waals surface area contributed by atoms with Crippen LogP contribution in [0, 0.1) is 5.92 Å². The Morgan fingerprint density at radius 2 is 2.25 bits per heavy atom. The Morgan fingerprint density at radius 1 is 1.42 bits per heavy atom. The zero-order chi connectivity index (χ0) is 8.39. The van der Waals surface area contributed by atoms with Gasteiger partial charge in [-0.2, -0.15) is 0 Å². The summed E-state index contributed by atoms with van der Waals surface area (Å²) in [5.74, 6) is 0.865. The summed E-state index contributed by atoms with van der Waals surface area (Å²) in [6.07, 6.45) is 1.45. The first-order valence-electron chi connectivity index (χ1n) is 4.92. The third-order valence-electron chi connectivity index (χ3n) is 2.93. The second-order valence-corrected chi connectivity index (χ2v) is 4.00. The molecule has 2 nitrogen and oxygen atoms in total. The Hall–Kier alpha value is -0.150. The predicted molar refractivity (Wildman–Crippen MR) is 46.9 cm³/mol. The first kappa shape index (κ1) is 8.45. The van der Waals surface area contributed by atoms with Crippen LogP contribution in [-0.2, 0) is 0 Å². The molecule has 70 valence electrons. The van der Waals surface area contributed by atoms with Gasteiger partial charge in [0.2, 0.25) is 0 Å². The van der Waals surface area contributed by atoms with Gasteiger partial charge in [0.1, 0.15) is 6.17 Å². The van der Waals surface area contributed by atoms with E-state index in [0.29, 0.717) is 6.54 Å². The van der Waals surface area contributed by atoms with E-state index in [-0.39, 0.29) is 0 Å². The molecule has 0 spiro atoms. The highest BCUT2D eigenvalue weighted by atomic mass is 19.1. The third kappa shape index (κ3) is 1.96. The van der Waals surface area contributed by atoms with Gasteiger partial charge in [-0.25, -0.2) is 4.39 Å². The molecule has 2 aliphatic heterocycles. The Bertz CT molecular complexity index is 147. The summed E-state index contributed by atoms with van der Waals surface area (Å²) in [6, 6.07) is 0. The molecular weight excluding hydrogens is 155 g/mol. The van der Waals surface area contributed by atoms with Crippen molar-refractivity contribution in [2.75, 3.05) is 32.7 Å². The zero-order valence-corrected chi connectivity index (χ0v) is 7.43. The smallest absolute Gasteiger partial charge is 0.114 e. The molecule has 2 saturated heterocycles. The monoisotopic (exact) mass is 172 g/mol. The molecule has 2 aliphatic rings. The van der Waals surface area contributed by atoms with Gasteiger partial charge in [-0.3, -0.25) is 0 Å². The van der Waals surface area contributed by atoms with Crippen molar-refractivity contribution in [1.29, 1.82) is 0 Å². The summed E-state index contributed by atoms with van der Waals surface area (Å²) in [5.41, 5.74) is 0. The lowest BCUT2D eigenvalue weighted by Crippen LogP contribution is -2.43. The van der Waals surface area contributed by atoms with Gasteiger partial charge in [0, 0.05) is 13.1 Å². The van der Waals surface area contributed by atoms with Crippen molar-refractivity contribution < 1.29 is 4.39 Å². The minimum Gasteiger partial charge on any atom is -0.316 e. The molecule has 0 unspecified atom stereocenters. The van der Waals surface area contributed by atoms with Crippen molar-refractivity contribution >= 4 is 0 Å². The van der Waals surface area contributed by atoms with E-state index < -0.39 is 6.17 Å². The predicted octanol–water partition coefficient (Wildman–Crippen LogP) is 0.640. The normalized spacial score (nSPS) is 32.2. The Balaban J connectivity index is 1.60. The summed E-state index contributed by atoms with van der Waals surface area (Å²) in [7, 11) is 0. The lowest BCUT2D eigenvalue weighted by atomic mass is 9.99. The first-order chi connectivity index (χ1) is 5.84. The average molecular weight is 172 g/mol. The molecule has 0 aromatic heterocycles. The molecule has 0 aliphatic carbocycles. The molecule has 1 atom stereocenters. The van der Waals surface area contributed by atoms with Gasteiger partial charge in [-0.1, -0.05) is 0 Å². The van der Waals surface area contributed by atoms with Crippen molar-refractivity contribution in [3.8, 4) is 0 Å². The largest absolute Gasteiger partial charge is 0.316 e. The fourth-order valence-corrected chi connectivity index (χ4v) is 1.91. The van der Waals surface area contributed by atoms with E-state index in [2.05, 4.69) is 10.2 Å². The maximum Gasteiger partial charge on any atom is 0.114 e. The van der Waals surface area contributed by atoms with Gasteiger partial charge >= 0.3 is 0 Å². The quantitative estimate of drug-likeness (QED) is 0.672. The topological polar surface area (TPSA) is 15.3 Å². The molecular formula is C9H17FN2. The Kier molecular flexibility index (Phi) is 2.61. The molecule has 2 heterocycles. The minimum absolute atomic E-state index is 0.551. The average Bonchev–Trinajstić information content (AvgIpc) is 2.32. The molecule has 0 aromatic carbocycles. The fourth-order valence-electron chi connectivity index (χ4n) is 1.91. The lowest BCUT2D eigenvalue weighted by molar-refractivity contribution is 0.241. The molecule has 0 aromatic rings. The van der Waals surface area contributed by atoms with Crippen LogP contribution in [-0.4, -0.2) is 43.8 Å². The van der Waals surface area contributed by atoms with Gasteiger partial charge in [0.05, 0.1) is 0 Å². The first-order valence-corrected chi connectivity index (χ1v) is 4.92. The van der Waals surface area contributed by atoms with Crippen LogP contribution >= 0.6 is 0 Å². The van der Waals surface area contributed by atoms with Crippen LogP contribution < -0.4 is 5.32 Å². The molecule has 0 amide bonds. The lowest BCUT2D eigenvalue weighted by Gasteiger charge is -2.28. The summed E-state index contributed by atoms with van der Waals surface area (Å²) in [6.45, 7) is 5.11. The van der Waals surface area contributed by atoms with E-state index in [1.165, 1.54) is 19.5 Å². The van der Waals surface area contributed by atoms with Gasteiger partial charge in [-0.15, -0.1) is 0 Å². The van der Waals surface area contributed by atoms with Crippen molar-refractivity contribution in [1.82, 2.24) is 10.2 Å². The van der Waals surface area contributed by atoms with Crippen LogP contribution in [0.25, 0.3) is 0 Å². The number of halogens is 1. The van der Waals surface area contributed by atoms with E-state index in [1.807, 2.05) is 0 Å². The second-order valence-electron chi connectivity index (χ2n) is 4.00. The number of nitrogens with one attached hydrogen (secondary N) is 1. The number of hydrogen-bond acceptors (Lipinski definition) is 2. The molecule has 12 heavy (non-hydrogen) atoms. The number of likely N-dealkylation sites (tertiary alicyclic amines) is 1. The molecule has 1 N–H and O–H groups in total. The standard InChI is InChI=1S/C9H17FN2/c10-9-2-4-12(7-9)3-1-8-5-11-6-8/h8-9,11H,1-7H2/t9-/m1/s1. The van der Waals surface area contributed by atoms with E-state index in [4.69, 9.17) is 0 Å². The molecule has 0 saturated carbocycles. The summed E-state index contributed by atoms with van der Waals surface area (Å²) in [4.78, 5) is 2.25. The highest BCUT2D eigenvalue weighted by molar-refractivity contribution is 4.79.